The van der Waals surface area contributed by atoms with Crippen molar-refractivity contribution in [3.8, 4) is 0 Å². The van der Waals surface area contributed by atoms with E-state index in [9.17, 15) is 0 Å². The maximum atomic E-state index is 4.43. The van der Waals surface area contributed by atoms with E-state index in [1.807, 2.05) is 6.20 Å². The zero-order valence-corrected chi connectivity index (χ0v) is 10.8. The van der Waals surface area contributed by atoms with E-state index in [4.69, 9.17) is 0 Å². The second-order valence-electron chi connectivity index (χ2n) is 4.43. The van der Waals surface area contributed by atoms with Crippen LogP contribution in [-0.4, -0.2) is 16.3 Å². The van der Waals surface area contributed by atoms with Crippen molar-refractivity contribution in [1.82, 2.24) is 9.78 Å². The Morgan fingerprint density at radius 1 is 1.44 bits per heavy atom. The fraction of sp³-hybridized carbons (Fsp3) is 0.750. The van der Waals surface area contributed by atoms with Crippen molar-refractivity contribution in [2.24, 2.45) is 0 Å². The normalized spacial score (nSPS) is 16.1. The van der Waals surface area contributed by atoms with Crippen LogP contribution in [-0.2, 0) is 0 Å². The van der Waals surface area contributed by atoms with E-state index in [0.29, 0.717) is 6.04 Å². The molecule has 1 aliphatic rings. The number of hydrogen-bond donors (Lipinski definition) is 1. The number of hydrogen-bond acceptors (Lipinski definition) is 2. The highest BCUT2D eigenvalue weighted by atomic mass is 35.5. The summed E-state index contributed by atoms with van der Waals surface area (Å²) < 4.78 is 2.14. The van der Waals surface area contributed by atoms with Gasteiger partial charge in [-0.15, -0.1) is 12.4 Å². The molecule has 1 N–H and O–H groups in total. The first kappa shape index (κ1) is 13.4. The molecule has 4 heteroatoms. The molecule has 0 saturated heterocycles. The lowest BCUT2D eigenvalue weighted by Crippen LogP contribution is -2.04. The van der Waals surface area contributed by atoms with Gasteiger partial charge >= 0.3 is 0 Å². The summed E-state index contributed by atoms with van der Waals surface area (Å²) in [4.78, 5) is 0. The third-order valence-electron chi connectivity index (χ3n) is 3.16. The maximum Gasteiger partial charge on any atom is 0.0726 e. The topological polar surface area (TPSA) is 29.9 Å². The molecule has 92 valence electrons. The summed E-state index contributed by atoms with van der Waals surface area (Å²) in [5.74, 6) is 0. The maximum absolute atomic E-state index is 4.43. The molecule has 0 atom stereocenters. The summed E-state index contributed by atoms with van der Waals surface area (Å²) in [7, 11) is 0. The molecule has 1 aromatic heterocycles. The Hall–Kier alpha value is -0.700. The molecule has 0 radical (unpaired) electrons. The Bertz CT molecular complexity index is 292. The highest BCUT2D eigenvalue weighted by molar-refractivity contribution is 5.85. The van der Waals surface area contributed by atoms with E-state index in [0.717, 1.165) is 6.54 Å². The van der Waals surface area contributed by atoms with Gasteiger partial charge in [-0.1, -0.05) is 26.2 Å². The second-order valence-corrected chi connectivity index (χ2v) is 4.43. The minimum absolute atomic E-state index is 0. The number of nitrogens with one attached hydrogen (secondary N) is 1. The molecule has 0 aliphatic heterocycles. The van der Waals surface area contributed by atoms with Gasteiger partial charge in [0.1, 0.15) is 0 Å². The van der Waals surface area contributed by atoms with E-state index < -0.39 is 0 Å². The van der Waals surface area contributed by atoms with Crippen molar-refractivity contribution in [3.05, 3.63) is 12.4 Å². The van der Waals surface area contributed by atoms with E-state index in [2.05, 4.69) is 28.2 Å². The highest BCUT2D eigenvalue weighted by Gasteiger charge is 2.17. The number of rotatable bonds is 5. The minimum atomic E-state index is 0. The summed E-state index contributed by atoms with van der Waals surface area (Å²) in [6.45, 7) is 3.27. The Balaban J connectivity index is 0.00000128. The van der Waals surface area contributed by atoms with Crippen molar-refractivity contribution in [2.45, 2.75) is 51.5 Å². The van der Waals surface area contributed by atoms with Gasteiger partial charge in [0.05, 0.1) is 17.9 Å². The highest BCUT2D eigenvalue weighted by Crippen LogP contribution is 2.29. The third kappa shape index (κ3) is 3.41. The molecule has 0 bridgehead atoms. The van der Waals surface area contributed by atoms with E-state index in [-0.39, 0.29) is 12.4 Å². The molecule has 1 heterocycles. The van der Waals surface area contributed by atoms with Gasteiger partial charge in [-0.3, -0.25) is 4.68 Å². The molecule has 16 heavy (non-hydrogen) atoms. The zero-order chi connectivity index (χ0) is 10.5. The van der Waals surface area contributed by atoms with E-state index in [1.54, 1.807) is 0 Å². The Morgan fingerprint density at radius 3 is 2.88 bits per heavy atom. The summed E-state index contributed by atoms with van der Waals surface area (Å²) in [6.07, 6.45) is 11.9. The quantitative estimate of drug-likeness (QED) is 0.801. The van der Waals surface area contributed by atoms with Crippen molar-refractivity contribution >= 4 is 18.1 Å². The van der Waals surface area contributed by atoms with Gasteiger partial charge in [0.2, 0.25) is 0 Å². The Morgan fingerprint density at radius 2 is 2.19 bits per heavy atom. The fourth-order valence-electron chi connectivity index (χ4n) is 2.21. The molecular formula is C12H22ClN3. The first-order valence-electron chi connectivity index (χ1n) is 6.18. The van der Waals surface area contributed by atoms with Crippen LogP contribution >= 0.6 is 12.4 Å². The molecule has 1 aliphatic carbocycles. The van der Waals surface area contributed by atoms with Gasteiger partial charge < -0.3 is 5.32 Å². The zero-order valence-electron chi connectivity index (χ0n) is 9.98. The van der Waals surface area contributed by atoms with Crippen LogP contribution in [0, 0.1) is 0 Å². The molecule has 0 amide bonds. The van der Waals surface area contributed by atoms with Gasteiger partial charge in [0.25, 0.3) is 0 Å². The number of anilines is 1. The summed E-state index contributed by atoms with van der Waals surface area (Å²) in [5.41, 5.74) is 1.18. The van der Waals surface area contributed by atoms with Crippen LogP contribution in [0.1, 0.15) is 51.5 Å². The molecule has 0 unspecified atom stereocenters. The fourth-order valence-corrected chi connectivity index (χ4v) is 2.21. The standard InChI is InChI=1S/C12H21N3.ClH/c1-2-3-8-13-11-9-14-15(10-11)12-6-4-5-7-12;/h9-10,12-13H,2-8H2,1H3;1H. The number of unbranched alkanes of at least 4 members (excludes halogenated alkanes) is 1. The van der Waals surface area contributed by atoms with Crippen LogP contribution in [0.5, 0.6) is 0 Å². The molecule has 1 aromatic rings. The predicted molar refractivity (Wildman–Crippen MR) is 70.4 cm³/mol. The van der Waals surface area contributed by atoms with E-state index >= 15 is 0 Å². The monoisotopic (exact) mass is 243 g/mol. The Kier molecular flexibility index (Phi) is 5.67. The van der Waals surface area contributed by atoms with E-state index in [1.165, 1.54) is 44.2 Å². The van der Waals surface area contributed by atoms with Crippen LogP contribution in [0.25, 0.3) is 0 Å². The van der Waals surface area contributed by atoms with Gasteiger partial charge in [-0.25, -0.2) is 0 Å². The number of aromatic nitrogens is 2. The molecule has 0 aromatic carbocycles. The average molecular weight is 244 g/mol. The molecule has 1 saturated carbocycles. The lowest BCUT2D eigenvalue weighted by Gasteiger charge is -2.08. The molecule has 0 spiro atoms. The van der Waals surface area contributed by atoms with Crippen molar-refractivity contribution < 1.29 is 0 Å². The van der Waals surface area contributed by atoms with Gasteiger partial charge in [0, 0.05) is 12.7 Å². The molecule has 1 fully saturated rings. The van der Waals surface area contributed by atoms with Crippen LogP contribution in [0.3, 0.4) is 0 Å². The van der Waals surface area contributed by atoms with Crippen molar-refractivity contribution in [1.29, 1.82) is 0 Å². The Labute approximate surface area is 104 Å². The van der Waals surface area contributed by atoms with Crippen LogP contribution in [0.2, 0.25) is 0 Å². The predicted octanol–water partition coefficient (Wildman–Crippen LogP) is 3.63. The van der Waals surface area contributed by atoms with Crippen LogP contribution < -0.4 is 5.32 Å². The second kappa shape index (κ2) is 6.79. The van der Waals surface area contributed by atoms with Gasteiger partial charge in [-0.2, -0.15) is 5.10 Å². The number of nitrogens with zero attached hydrogens (tertiary/aromatic N) is 2. The lowest BCUT2D eigenvalue weighted by molar-refractivity contribution is 0.467. The summed E-state index contributed by atoms with van der Waals surface area (Å²) in [5, 5.41) is 7.84. The van der Waals surface area contributed by atoms with Crippen molar-refractivity contribution in [2.75, 3.05) is 11.9 Å². The summed E-state index contributed by atoms with van der Waals surface area (Å²) in [6, 6.07) is 0.659. The largest absolute Gasteiger partial charge is 0.383 e. The molecule has 2 rings (SSSR count). The van der Waals surface area contributed by atoms with Crippen LogP contribution in [0.4, 0.5) is 5.69 Å². The smallest absolute Gasteiger partial charge is 0.0726 e. The SMILES string of the molecule is CCCCNc1cnn(C2CCCC2)c1.Cl. The average Bonchev–Trinajstić information content (AvgIpc) is 2.87. The third-order valence-corrected chi connectivity index (χ3v) is 3.16. The lowest BCUT2D eigenvalue weighted by atomic mass is 10.3. The van der Waals surface area contributed by atoms with Gasteiger partial charge in [-0.05, 0) is 19.3 Å². The molecular weight excluding hydrogens is 222 g/mol. The van der Waals surface area contributed by atoms with Gasteiger partial charge in [0.15, 0.2) is 0 Å². The first-order valence-corrected chi connectivity index (χ1v) is 6.18. The van der Waals surface area contributed by atoms with Crippen LogP contribution in [0.15, 0.2) is 12.4 Å². The van der Waals surface area contributed by atoms with Crippen molar-refractivity contribution in [3.63, 3.8) is 0 Å². The molecule has 3 nitrogen and oxygen atoms in total. The summed E-state index contributed by atoms with van der Waals surface area (Å²) >= 11 is 0. The number of halogens is 1. The minimum Gasteiger partial charge on any atom is -0.383 e. The first-order chi connectivity index (χ1) is 7.40.